The molecule has 0 aliphatic carbocycles. The normalized spacial score (nSPS) is 45.5. The molecule has 6 aliphatic heterocycles. The summed E-state index contributed by atoms with van der Waals surface area (Å²) in [5, 5.41) is 159. The van der Waals surface area contributed by atoms with Gasteiger partial charge >= 0.3 is 20.8 Å². The van der Waals surface area contributed by atoms with Gasteiger partial charge in [-0.15, -0.1) is 0 Å². The molecular weight excluding hydrogens is 1190 g/mol. The van der Waals surface area contributed by atoms with Crippen LogP contribution in [0.5, 0.6) is 0 Å². The Kier molecular flexibility index (Phi) is 24.2. The van der Waals surface area contributed by atoms with Crippen molar-refractivity contribution in [1.29, 1.82) is 0 Å². The third-order valence-electron chi connectivity index (χ3n) is 14.0. The number of aliphatic hydroxyl groups is 14. The minimum Gasteiger partial charge on any atom is -0.394 e. The van der Waals surface area contributed by atoms with Gasteiger partial charge in [-0.25, -0.2) is 8.37 Å². The number of nitrogens with one attached hydrogen (secondary N) is 3. The molecular formula is C42H71N3O36S2. The summed E-state index contributed by atoms with van der Waals surface area (Å²) in [6, 6.07) is -5.53. The molecule has 0 unspecified atom stereocenters. The number of carbonyl (C=O) groups is 3. The summed E-state index contributed by atoms with van der Waals surface area (Å²) in [5.74, 6) is -2.71. The summed E-state index contributed by atoms with van der Waals surface area (Å²) in [7, 11) is -10.5. The van der Waals surface area contributed by atoms with Gasteiger partial charge in [0, 0.05) is 20.8 Å². The molecule has 83 heavy (non-hydrogen) atoms. The summed E-state index contributed by atoms with van der Waals surface area (Å²) in [5.41, 5.74) is 0. The third kappa shape index (κ3) is 17.1. The SMILES string of the molecule is CC(=O)N[C@@H]1[C@@H](O[C@@H]2O[C@H](CO)[C@@H](O[C@@H]3O[C@H](COS(=O)(=O)O)[C@H](O)[C@H](O)[C@H]3O)[C@H](O)[C@H]2NC(C)=O)[C@@H](O)[C@@H](CO[C@@H]2O[C@H](COS(=O)(=O)O)[C@@H](O[C@@H]3O[C@H](CO)[C@H](O)[C@H](O)[C@H]3O[C@@H]3O[C@@H](C)[C@@H](O)[C@@H](O)[C@@H]3O)[C@H](O)[C@H]2NC(C)=O)O[C@@H]1O. The average Bonchev–Trinajstić information content (AvgIpc) is 3.46. The lowest BCUT2D eigenvalue weighted by Gasteiger charge is -2.50. The van der Waals surface area contributed by atoms with E-state index in [9.17, 15) is 107 Å². The molecule has 0 bridgehead atoms. The molecule has 0 aromatic rings. The Morgan fingerprint density at radius 3 is 1.35 bits per heavy atom. The Morgan fingerprint density at radius 1 is 0.398 bits per heavy atom. The Labute approximate surface area is 470 Å². The van der Waals surface area contributed by atoms with Crippen molar-refractivity contribution in [2.75, 3.05) is 33.0 Å². The lowest BCUT2D eigenvalue weighted by molar-refractivity contribution is -0.383. The number of rotatable bonds is 22. The predicted octanol–water partition coefficient (Wildman–Crippen LogP) is -13.0. The zero-order chi connectivity index (χ0) is 61.9. The van der Waals surface area contributed by atoms with Crippen LogP contribution >= 0.6 is 0 Å². The van der Waals surface area contributed by atoms with E-state index < -0.39 is 256 Å². The topological polar surface area (TPSA) is 599 Å². The molecule has 0 saturated carbocycles. The van der Waals surface area contributed by atoms with Gasteiger partial charge in [0.2, 0.25) is 17.7 Å². The van der Waals surface area contributed by atoms with Crippen molar-refractivity contribution in [1.82, 2.24) is 16.0 Å². The van der Waals surface area contributed by atoms with Crippen LogP contribution in [0.15, 0.2) is 0 Å². The smallest absolute Gasteiger partial charge is 0.394 e. The van der Waals surface area contributed by atoms with Gasteiger partial charge in [0.1, 0.15) is 140 Å². The summed E-state index contributed by atoms with van der Waals surface area (Å²) < 4.78 is 137. The minimum absolute atomic E-state index is 0.878. The van der Waals surface area contributed by atoms with Crippen LogP contribution in [0.25, 0.3) is 0 Å². The Bertz CT molecular complexity index is 2370. The molecule has 30 atom stereocenters. The molecule has 39 nitrogen and oxygen atoms in total. The van der Waals surface area contributed by atoms with E-state index in [0.29, 0.717) is 0 Å². The van der Waals surface area contributed by atoms with Crippen molar-refractivity contribution in [2.45, 2.75) is 212 Å². The lowest BCUT2D eigenvalue weighted by Crippen LogP contribution is -2.71. The first-order chi connectivity index (χ1) is 38.7. The van der Waals surface area contributed by atoms with Gasteiger partial charge in [0.15, 0.2) is 37.7 Å². The highest BCUT2D eigenvalue weighted by Gasteiger charge is 2.58. The van der Waals surface area contributed by atoms with Crippen LogP contribution in [-0.4, -0.2) is 332 Å². The quantitative estimate of drug-likeness (QED) is 0.0448. The standard InChI is InChI=1S/C42H71N3O36S2/c1-10-22(51)28(57)31(60)40(72-10)81-36-30(59)23(52)14(5-46)74-42(36)79-34-18(9-71-83(66,67)68)77-38(19(26(34)55)43-11(2)48)69-7-16-25(54)35(21(37(62)73-16)45-13(4)50)80-39-20(44-12(3)49)27(56)33(15(6-47)75-39)78-41-32(61)29(58)24(53)17(76-41)8-70-82(63,64)65/h10,14-42,46-47,51-62H,5-9H2,1-4H3,(H,43,48)(H,44,49)(H,45,50)(H,63,64,65)(H,66,67,68)/t10-,14+,15+,16+,17+,18+,19+,20+,21+,22+,23-,24-,25-,26+,27+,28+,29-,30-,31-,32+,33+,34+,35+,36+,37-,38+,39-,40-,41-,42-/m0/s1. The van der Waals surface area contributed by atoms with E-state index in [4.69, 9.17) is 56.7 Å². The number of hydrogen-bond donors (Lipinski definition) is 19. The van der Waals surface area contributed by atoms with Crippen molar-refractivity contribution in [3.05, 3.63) is 0 Å². The van der Waals surface area contributed by atoms with Gasteiger partial charge in [-0.1, -0.05) is 0 Å². The van der Waals surface area contributed by atoms with E-state index in [-0.39, 0.29) is 0 Å². The highest BCUT2D eigenvalue weighted by molar-refractivity contribution is 7.81. The van der Waals surface area contributed by atoms with Crippen LogP contribution < -0.4 is 16.0 Å². The van der Waals surface area contributed by atoms with E-state index in [2.05, 4.69) is 24.3 Å². The van der Waals surface area contributed by atoms with Gasteiger partial charge in [0.05, 0.1) is 39.1 Å². The molecule has 6 aliphatic rings. The maximum atomic E-state index is 12.7. The Hall–Kier alpha value is -2.85. The zero-order valence-corrected chi connectivity index (χ0v) is 45.6. The van der Waals surface area contributed by atoms with Crippen molar-refractivity contribution >= 4 is 38.5 Å². The fourth-order valence-corrected chi connectivity index (χ4v) is 10.4. The first kappa shape index (κ1) is 69.3. The maximum Gasteiger partial charge on any atom is 0.397 e. The van der Waals surface area contributed by atoms with Crippen molar-refractivity contribution in [3.8, 4) is 0 Å². The largest absolute Gasteiger partial charge is 0.397 e. The zero-order valence-electron chi connectivity index (χ0n) is 44.0. The number of aliphatic hydroxyl groups excluding tert-OH is 14. The van der Waals surface area contributed by atoms with Crippen LogP contribution in [0.3, 0.4) is 0 Å². The van der Waals surface area contributed by atoms with E-state index >= 15 is 0 Å². The van der Waals surface area contributed by atoms with Gasteiger partial charge in [0.25, 0.3) is 0 Å². The van der Waals surface area contributed by atoms with Gasteiger partial charge < -0.3 is 140 Å². The molecule has 0 spiro atoms. The minimum atomic E-state index is -5.38. The molecule has 6 saturated heterocycles. The second kappa shape index (κ2) is 29.0. The lowest BCUT2D eigenvalue weighted by atomic mass is 9.93. The monoisotopic (exact) mass is 1260 g/mol. The molecule has 0 aromatic carbocycles. The Morgan fingerprint density at radius 2 is 0.807 bits per heavy atom. The second-order valence-corrected chi connectivity index (χ2v) is 22.2. The Balaban J connectivity index is 1.25. The molecule has 482 valence electrons. The second-order valence-electron chi connectivity index (χ2n) is 20.0. The van der Waals surface area contributed by atoms with Crippen LogP contribution in [-0.2, 0) is 95.7 Å². The molecule has 0 aromatic heterocycles. The molecule has 0 radical (unpaired) electrons. The molecule has 6 heterocycles. The first-order valence-corrected chi connectivity index (χ1v) is 28.0. The number of carbonyl (C=O) groups excluding carboxylic acids is 3. The molecule has 3 amide bonds. The molecule has 41 heteroatoms. The fraction of sp³-hybridized carbons (Fsp3) is 0.929. The van der Waals surface area contributed by atoms with Crippen molar-refractivity contribution in [2.24, 2.45) is 0 Å². The van der Waals surface area contributed by atoms with Crippen LogP contribution in [0.4, 0.5) is 0 Å². The number of hydrogen-bond acceptors (Lipinski definition) is 34. The van der Waals surface area contributed by atoms with E-state index in [0.717, 1.165) is 20.8 Å². The van der Waals surface area contributed by atoms with E-state index in [1.54, 1.807) is 0 Å². The van der Waals surface area contributed by atoms with Crippen LogP contribution in [0, 0.1) is 0 Å². The predicted molar refractivity (Wildman–Crippen MR) is 253 cm³/mol. The first-order valence-electron chi connectivity index (χ1n) is 25.3. The van der Waals surface area contributed by atoms with Gasteiger partial charge in [-0.05, 0) is 6.92 Å². The van der Waals surface area contributed by atoms with Gasteiger partial charge in [-0.2, -0.15) is 16.8 Å². The summed E-state index contributed by atoms with van der Waals surface area (Å²) >= 11 is 0. The third-order valence-corrected chi connectivity index (χ3v) is 14.9. The highest BCUT2D eigenvalue weighted by Crippen LogP contribution is 2.36. The van der Waals surface area contributed by atoms with Crippen molar-refractivity contribution in [3.63, 3.8) is 0 Å². The molecule has 6 rings (SSSR count). The molecule has 19 N–H and O–H groups in total. The summed E-state index contributed by atoms with van der Waals surface area (Å²) in [6.45, 7) is -1.45. The molecule has 6 fully saturated rings. The van der Waals surface area contributed by atoms with Crippen LogP contribution in [0.1, 0.15) is 27.7 Å². The number of amides is 3. The van der Waals surface area contributed by atoms with Crippen molar-refractivity contribution < 1.29 is 172 Å². The maximum absolute atomic E-state index is 12.7. The van der Waals surface area contributed by atoms with Crippen LogP contribution in [0.2, 0.25) is 0 Å². The summed E-state index contributed by atoms with van der Waals surface area (Å²) in [4.78, 5) is 37.8. The fourth-order valence-electron chi connectivity index (χ4n) is 9.83. The summed E-state index contributed by atoms with van der Waals surface area (Å²) in [6.07, 6.45) is -53.5. The van der Waals surface area contributed by atoms with E-state index in [1.807, 2.05) is 0 Å². The number of ether oxygens (including phenoxy) is 11. The average molecular weight is 1260 g/mol. The van der Waals surface area contributed by atoms with E-state index in [1.165, 1.54) is 6.92 Å². The van der Waals surface area contributed by atoms with Gasteiger partial charge in [-0.3, -0.25) is 23.5 Å². The highest BCUT2D eigenvalue weighted by atomic mass is 32.3.